The lowest BCUT2D eigenvalue weighted by Crippen LogP contribution is -2.25. The average Bonchev–Trinajstić information content (AvgIpc) is 2.94. The van der Waals surface area contributed by atoms with Crippen LogP contribution in [0.1, 0.15) is 18.4 Å². The van der Waals surface area contributed by atoms with Crippen LogP contribution >= 0.6 is 15.9 Å². The van der Waals surface area contributed by atoms with Crippen LogP contribution in [-0.2, 0) is 6.42 Å². The zero-order chi connectivity index (χ0) is 10.1. The molecule has 0 aliphatic heterocycles. The molecule has 0 saturated heterocycles. The molecule has 0 heterocycles. The fourth-order valence-electron chi connectivity index (χ4n) is 1.64. The highest BCUT2D eigenvalue weighted by molar-refractivity contribution is 9.10. The average molecular weight is 258 g/mol. The maximum atomic E-state index is 13.3. The van der Waals surface area contributed by atoms with Crippen LogP contribution in [0.2, 0.25) is 0 Å². The molecule has 0 amide bonds. The van der Waals surface area contributed by atoms with Crippen LogP contribution < -0.4 is 5.73 Å². The first kappa shape index (κ1) is 10.1. The zero-order valence-electron chi connectivity index (χ0n) is 7.84. The number of hydrogen-bond acceptors (Lipinski definition) is 1. The van der Waals surface area contributed by atoms with Crippen LogP contribution in [-0.4, -0.2) is 6.04 Å². The second-order valence-electron chi connectivity index (χ2n) is 3.94. The zero-order valence-corrected chi connectivity index (χ0v) is 9.43. The van der Waals surface area contributed by atoms with Crippen molar-refractivity contribution >= 4 is 15.9 Å². The van der Waals surface area contributed by atoms with Gasteiger partial charge in [-0.25, -0.2) is 4.39 Å². The van der Waals surface area contributed by atoms with E-state index >= 15 is 0 Å². The molecule has 1 aromatic carbocycles. The summed E-state index contributed by atoms with van der Waals surface area (Å²) in [5, 5.41) is 0. The molecule has 0 spiro atoms. The van der Waals surface area contributed by atoms with Gasteiger partial charge >= 0.3 is 0 Å². The highest BCUT2D eigenvalue weighted by Crippen LogP contribution is 2.33. The number of benzene rings is 1. The van der Waals surface area contributed by atoms with Gasteiger partial charge in [0.25, 0.3) is 0 Å². The molecule has 1 aromatic rings. The van der Waals surface area contributed by atoms with E-state index in [9.17, 15) is 4.39 Å². The summed E-state index contributed by atoms with van der Waals surface area (Å²) in [6.07, 6.45) is 3.06. The quantitative estimate of drug-likeness (QED) is 0.886. The maximum absolute atomic E-state index is 13.3. The van der Waals surface area contributed by atoms with Crippen molar-refractivity contribution in [3.63, 3.8) is 0 Å². The van der Waals surface area contributed by atoms with E-state index < -0.39 is 0 Å². The molecule has 1 nitrogen and oxygen atoms in total. The van der Waals surface area contributed by atoms with Crippen LogP contribution in [0.4, 0.5) is 4.39 Å². The molecule has 3 heteroatoms. The molecule has 1 fully saturated rings. The predicted octanol–water partition coefficient (Wildman–Crippen LogP) is 2.87. The lowest BCUT2D eigenvalue weighted by atomic mass is 10.0. The molecule has 0 bridgehead atoms. The lowest BCUT2D eigenvalue weighted by molar-refractivity contribution is 0.554. The molecule has 1 atom stereocenters. The molecule has 2 N–H and O–H groups in total. The SMILES string of the molecule is NC(Cc1cc(Br)ccc1F)C1CC1. The summed E-state index contributed by atoms with van der Waals surface area (Å²) < 4.78 is 14.3. The minimum Gasteiger partial charge on any atom is -0.327 e. The molecule has 2 rings (SSSR count). The molecule has 76 valence electrons. The number of nitrogens with two attached hydrogens (primary N) is 1. The lowest BCUT2D eigenvalue weighted by Gasteiger charge is -2.10. The van der Waals surface area contributed by atoms with E-state index in [1.54, 1.807) is 6.07 Å². The van der Waals surface area contributed by atoms with Gasteiger partial charge in [0, 0.05) is 10.5 Å². The molecule has 1 unspecified atom stereocenters. The largest absolute Gasteiger partial charge is 0.327 e. The van der Waals surface area contributed by atoms with E-state index in [1.807, 2.05) is 6.07 Å². The Morgan fingerprint density at radius 1 is 1.50 bits per heavy atom. The van der Waals surface area contributed by atoms with Crippen molar-refractivity contribution in [1.29, 1.82) is 0 Å². The molecule has 14 heavy (non-hydrogen) atoms. The second kappa shape index (κ2) is 3.99. The fourth-order valence-corrected chi connectivity index (χ4v) is 2.05. The number of halogens is 2. The summed E-state index contributed by atoms with van der Waals surface area (Å²) in [5.41, 5.74) is 6.67. The van der Waals surface area contributed by atoms with Crippen LogP contribution in [0.5, 0.6) is 0 Å². The highest BCUT2D eigenvalue weighted by Gasteiger charge is 2.28. The van der Waals surface area contributed by atoms with E-state index in [-0.39, 0.29) is 11.9 Å². The van der Waals surface area contributed by atoms with Gasteiger partial charge in [-0.2, -0.15) is 0 Å². The fraction of sp³-hybridized carbons (Fsp3) is 0.455. The second-order valence-corrected chi connectivity index (χ2v) is 4.86. The topological polar surface area (TPSA) is 26.0 Å². The Balaban J connectivity index is 2.10. The Bertz CT molecular complexity index is 336. The Hall–Kier alpha value is -0.410. The van der Waals surface area contributed by atoms with E-state index in [1.165, 1.54) is 18.9 Å². The molecule has 1 aliphatic carbocycles. The first-order valence-corrected chi connectivity index (χ1v) is 5.65. The van der Waals surface area contributed by atoms with Gasteiger partial charge in [-0.15, -0.1) is 0 Å². The number of rotatable bonds is 3. The maximum Gasteiger partial charge on any atom is 0.126 e. The highest BCUT2D eigenvalue weighted by atomic mass is 79.9. The van der Waals surface area contributed by atoms with Gasteiger partial charge in [-0.3, -0.25) is 0 Å². The van der Waals surface area contributed by atoms with Crippen molar-refractivity contribution in [3.05, 3.63) is 34.1 Å². The summed E-state index contributed by atoms with van der Waals surface area (Å²) in [6, 6.07) is 5.14. The summed E-state index contributed by atoms with van der Waals surface area (Å²) in [5.74, 6) is 0.470. The standard InChI is InChI=1S/C11H13BrFN/c12-9-3-4-10(13)8(5-9)6-11(14)7-1-2-7/h3-5,7,11H,1-2,6,14H2. The van der Waals surface area contributed by atoms with Gasteiger partial charge in [0.05, 0.1) is 0 Å². The Kier molecular flexibility index (Phi) is 2.88. The molecular formula is C11H13BrFN. The third-order valence-corrected chi connectivity index (χ3v) is 3.18. The van der Waals surface area contributed by atoms with Gasteiger partial charge in [-0.1, -0.05) is 15.9 Å². The molecule has 0 aromatic heterocycles. The smallest absolute Gasteiger partial charge is 0.126 e. The third kappa shape index (κ3) is 2.34. The van der Waals surface area contributed by atoms with E-state index in [0.717, 1.165) is 10.0 Å². The Morgan fingerprint density at radius 2 is 2.21 bits per heavy atom. The van der Waals surface area contributed by atoms with E-state index in [4.69, 9.17) is 5.73 Å². The Morgan fingerprint density at radius 3 is 2.86 bits per heavy atom. The van der Waals surface area contributed by atoms with Gasteiger partial charge in [0.1, 0.15) is 5.82 Å². The van der Waals surface area contributed by atoms with Gasteiger partial charge < -0.3 is 5.73 Å². The first-order valence-electron chi connectivity index (χ1n) is 4.86. The summed E-state index contributed by atoms with van der Waals surface area (Å²) in [6.45, 7) is 0. The van der Waals surface area contributed by atoms with Gasteiger partial charge in [-0.05, 0) is 48.9 Å². The molecular weight excluding hydrogens is 245 g/mol. The molecule has 0 radical (unpaired) electrons. The van der Waals surface area contributed by atoms with Crippen molar-refractivity contribution in [2.75, 3.05) is 0 Å². The van der Waals surface area contributed by atoms with Crippen LogP contribution in [0, 0.1) is 11.7 Å². The minimum atomic E-state index is -0.149. The normalized spacial score (nSPS) is 18.2. The summed E-state index contributed by atoms with van der Waals surface area (Å²) in [7, 11) is 0. The van der Waals surface area contributed by atoms with E-state index in [0.29, 0.717) is 12.3 Å². The predicted molar refractivity (Wildman–Crippen MR) is 58.5 cm³/mol. The minimum absolute atomic E-state index is 0.124. The van der Waals surface area contributed by atoms with Gasteiger partial charge in [0.15, 0.2) is 0 Å². The van der Waals surface area contributed by atoms with Crippen LogP contribution in [0.25, 0.3) is 0 Å². The van der Waals surface area contributed by atoms with Crippen molar-refractivity contribution < 1.29 is 4.39 Å². The van der Waals surface area contributed by atoms with Gasteiger partial charge in [0.2, 0.25) is 0 Å². The number of hydrogen-bond donors (Lipinski definition) is 1. The van der Waals surface area contributed by atoms with Crippen molar-refractivity contribution in [3.8, 4) is 0 Å². The van der Waals surface area contributed by atoms with Crippen LogP contribution in [0.15, 0.2) is 22.7 Å². The first-order chi connectivity index (χ1) is 6.66. The summed E-state index contributed by atoms with van der Waals surface area (Å²) in [4.78, 5) is 0. The van der Waals surface area contributed by atoms with Crippen LogP contribution in [0.3, 0.4) is 0 Å². The third-order valence-electron chi connectivity index (χ3n) is 2.69. The van der Waals surface area contributed by atoms with E-state index in [2.05, 4.69) is 15.9 Å². The van der Waals surface area contributed by atoms with Crippen molar-refractivity contribution in [1.82, 2.24) is 0 Å². The molecule has 1 saturated carbocycles. The Labute approximate surface area is 91.6 Å². The summed E-state index contributed by atoms with van der Waals surface area (Å²) >= 11 is 3.33. The monoisotopic (exact) mass is 257 g/mol. The van der Waals surface area contributed by atoms with Crippen molar-refractivity contribution in [2.24, 2.45) is 11.7 Å². The molecule has 1 aliphatic rings. The van der Waals surface area contributed by atoms with Crippen molar-refractivity contribution in [2.45, 2.75) is 25.3 Å².